The zero-order valence-corrected chi connectivity index (χ0v) is 19.0. The minimum absolute atomic E-state index is 0.0676. The van der Waals surface area contributed by atoms with Gasteiger partial charge >= 0.3 is 0 Å². The molecular formula is C25H30N4O2. The molecule has 0 radical (unpaired) electrons. The second kappa shape index (κ2) is 8.25. The Balaban J connectivity index is 1.58. The second-order valence-corrected chi connectivity index (χ2v) is 9.47. The number of aromatic nitrogens is 3. The van der Waals surface area contributed by atoms with E-state index in [4.69, 9.17) is 9.51 Å². The van der Waals surface area contributed by atoms with Crippen LogP contribution < -0.4 is 0 Å². The molecule has 3 aromatic rings. The van der Waals surface area contributed by atoms with E-state index in [1.165, 1.54) is 5.56 Å². The molecule has 1 aliphatic heterocycles. The van der Waals surface area contributed by atoms with Gasteiger partial charge in [-0.05, 0) is 49.8 Å². The highest BCUT2D eigenvalue weighted by Crippen LogP contribution is 2.34. The molecule has 6 heteroatoms. The van der Waals surface area contributed by atoms with Crippen LogP contribution in [0.2, 0.25) is 0 Å². The lowest BCUT2D eigenvalue weighted by Gasteiger charge is -2.33. The van der Waals surface area contributed by atoms with Crippen LogP contribution in [0.25, 0.3) is 11.3 Å². The molecule has 2 aromatic heterocycles. The van der Waals surface area contributed by atoms with E-state index in [0.29, 0.717) is 12.3 Å². The van der Waals surface area contributed by atoms with Gasteiger partial charge in [-0.3, -0.25) is 4.79 Å². The summed E-state index contributed by atoms with van der Waals surface area (Å²) in [5.41, 5.74) is 4.64. The maximum Gasteiger partial charge on any atom is 0.253 e. The predicted molar refractivity (Wildman–Crippen MR) is 120 cm³/mol. The Labute approximate surface area is 183 Å². The molecule has 1 aliphatic rings. The van der Waals surface area contributed by atoms with Crippen LogP contribution in [-0.4, -0.2) is 39.0 Å². The van der Waals surface area contributed by atoms with Gasteiger partial charge in [0.1, 0.15) is 5.82 Å². The van der Waals surface area contributed by atoms with Crippen LogP contribution in [-0.2, 0) is 5.41 Å². The van der Waals surface area contributed by atoms with Crippen molar-refractivity contribution in [1.29, 1.82) is 0 Å². The molecule has 3 heterocycles. The number of carbonyl (C=O) groups excluding carboxylic acids is 1. The third-order valence-corrected chi connectivity index (χ3v) is 5.93. The quantitative estimate of drug-likeness (QED) is 0.594. The largest absolute Gasteiger partial charge is 0.356 e. The van der Waals surface area contributed by atoms with Crippen molar-refractivity contribution in [2.45, 2.75) is 58.8 Å². The lowest BCUT2D eigenvalue weighted by molar-refractivity contribution is 0.0706. The highest BCUT2D eigenvalue weighted by Gasteiger charge is 2.29. The van der Waals surface area contributed by atoms with Gasteiger partial charge in [-0.25, -0.2) is 9.97 Å². The van der Waals surface area contributed by atoms with Crippen molar-refractivity contribution in [2.75, 3.05) is 13.1 Å². The molecule has 4 rings (SSSR count). The minimum atomic E-state index is 0.0676. The summed E-state index contributed by atoms with van der Waals surface area (Å²) in [6.45, 7) is 11.7. The summed E-state index contributed by atoms with van der Waals surface area (Å²) < 4.78 is 5.49. The number of rotatable bonds is 3. The van der Waals surface area contributed by atoms with Gasteiger partial charge in [0.2, 0.25) is 0 Å². The Bertz CT molecular complexity index is 1080. The number of amides is 1. The zero-order chi connectivity index (χ0) is 22.2. The summed E-state index contributed by atoms with van der Waals surface area (Å²) in [5, 5.41) is 4.01. The van der Waals surface area contributed by atoms with Crippen LogP contribution in [0.15, 0.2) is 41.1 Å². The number of likely N-dealkylation sites (tertiary alicyclic amines) is 1. The van der Waals surface area contributed by atoms with E-state index in [1.807, 2.05) is 43.1 Å². The van der Waals surface area contributed by atoms with Gasteiger partial charge in [0.15, 0.2) is 5.76 Å². The van der Waals surface area contributed by atoms with E-state index in [1.54, 1.807) is 0 Å². The number of hydrogen-bond acceptors (Lipinski definition) is 5. The first kappa shape index (κ1) is 21.2. The molecule has 1 amide bonds. The van der Waals surface area contributed by atoms with Crippen molar-refractivity contribution >= 4 is 5.91 Å². The normalized spacial score (nSPS) is 17.1. The van der Waals surface area contributed by atoms with Gasteiger partial charge in [0.25, 0.3) is 5.91 Å². The maximum atomic E-state index is 13.2. The molecule has 0 unspecified atom stereocenters. The van der Waals surface area contributed by atoms with Crippen molar-refractivity contribution in [3.8, 4) is 11.3 Å². The summed E-state index contributed by atoms with van der Waals surface area (Å²) in [5.74, 6) is 1.60. The Morgan fingerprint density at radius 1 is 1.16 bits per heavy atom. The SMILES string of the molecule is Cc1cc(-c2cnc(C)nc2[C@H]2CCCN(C(=O)c3ccc(C(C)(C)C)cc3)C2)on1. The lowest BCUT2D eigenvalue weighted by Crippen LogP contribution is -2.39. The summed E-state index contributed by atoms with van der Waals surface area (Å²) in [7, 11) is 0. The van der Waals surface area contributed by atoms with Gasteiger partial charge in [-0.15, -0.1) is 0 Å². The summed E-state index contributed by atoms with van der Waals surface area (Å²) in [4.78, 5) is 24.3. The van der Waals surface area contributed by atoms with Gasteiger partial charge in [-0.2, -0.15) is 0 Å². The molecular weight excluding hydrogens is 388 g/mol. The fourth-order valence-corrected chi connectivity index (χ4v) is 4.16. The summed E-state index contributed by atoms with van der Waals surface area (Å²) in [6.07, 6.45) is 3.72. The molecule has 1 atom stereocenters. The van der Waals surface area contributed by atoms with Crippen molar-refractivity contribution in [3.05, 3.63) is 64.9 Å². The summed E-state index contributed by atoms with van der Waals surface area (Å²) in [6, 6.07) is 9.92. The molecule has 162 valence electrons. The Kier molecular flexibility index (Phi) is 5.65. The van der Waals surface area contributed by atoms with E-state index < -0.39 is 0 Å². The van der Waals surface area contributed by atoms with Crippen LogP contribution in [0.1, 0.15) is 72.7 Å². The number of piperidine rings is 1. The second-order valence-electron chi connectivity index (χ2n) is 9.47. The molecule has 1 aromatic carbocycles. The zero-order valence-electron chi connectivity index (χ0n) is 19.0. The fraction of sp³-hybridized carbons (Fsp3) is 0.440. The van der Waals surface area contributed by atoms with Crippen LogP contribution in [0, 0.1) is 13.8 Å². The first-order valence-electron chi connectivity index (χ1n) is 10.9. The van der Waals surface area contributed by atoms with E-state index in [0.717, 1.165) is 47.7 Å². The van der Waals surface area contributed by atoms with Gasteiger partial charge < -0.3 is 9.42 Å². The first-order chi connectivity index (χ1) is 14.7. The molecule has 0 spiro atoms. The van der Waals surface area contributed by atoms with Crippen molar-refractivity contribution < 1.29 is 9.32 Å². The minimum Gasteiger partial charge on any atom is -0.356 e. The molecule has 0 aliphatic carbocycles. The van der Waals surface area contributed by atoms with E-state index in [-0.39, 0.29) is 17.2 Å². The summed E-state index contributed by atoms with van der Waals surface area (Å²) >= 11 is 0. The monoisotopic (exact) mass is 418 g/mol. The Morgan fingerprint density at radius 3 is 2.55 bits per heavy atom. The van der Waals surface area contributed by atoms with Crippen LogP contribution in [0.5, 0.6) is 0 Å². The van der Waals surface area contributed by atoms with Gasteiger partial charge in [0.05, 0.1) is 17.0 Å². The van der Waals surface area contributed by atoms with Crippen LogP contribution in [0.3, 0.4) is 0 Å². The third kappa shape index (κ3) is 4.53. The number of nitrogens with zero attached hydrogens (tertiary/aromatic N) is 4. The smallest absolute Gasteiger partial charge is 0.253 e. The van der Waals surface area contributed by atoms with Gasteiger partial charge in [-0.1, -0.05) is 38.1 Å². The average Bonchev–Trinajstić information content (AvgIpc) is 3.19. The van der Waals surface area contributed by atoms with Crippen LogP contribution in [0.4, 0.5) is 0 Å². The molecule has 0 bridgehead atoms. The number of carbonyl (C=O) groups is 1. The molecule has 1 saturated heterocycles. The van der Waals surface area contributed by atoms with Crippen molar-refractivity contribution in [1.82, 2.24) is 20.0 Å². The molecule has 6 nitrogen and oxygen atoms in total. The standard InChI is InChI=1S/C25H30N4O2/c1-16-13-22(31-28-16)21-14-26-17(2)27-23(21)19-7-6-12-29(15-19)24(30)18-8-10-20(11-9-18)25(3,4)5/h8-11,13-14,19H,6-7,12,15H2,1-5H3/t19-/m0/s1. The van der Waals surface area contributed by atoms with Crippen LogP contribution >= 0.6 is 0 Å². The Hall–Kier alpha value is -3.02. The highest BCUT2D eigenvalue weighted by atomic mass is 16.5. The fourth-order valence-electron chi connectivity index (χ4n) is 4.16. The van der Waals surface area contributed by atoms with E-state index in [9.17, 15) is 4.79 Å². The molecule has 1 fully saturated rings. The third-order valence-electron chi connectivity index (χ3n) is 5.93. The molecule has 0 saturated carbocycles. The van der Waals surface area contributed by atoms with E-state index in [2.05, 4.69) is 43.0 Å². The van der Waals surface area contributed by atoms with E-state index >= 15 is 0 Å². The van der Waals surface area contributed by atoms with Gasteiger partial charge in [0, 0.05) is 36.8 Å². The number of benzene rings is 1. The maximum absolute atomic E-state index is 13.2. The topological polar surface area (TPSA) is 72.1 Å². The molecule has 31 heavy (non-hydrogen) atoms. The average molecular weight is 419 g/mol. The number of hydrogen-bond donors (Lipinski definition) is 0. The Morgan fingerprint density at radius 2 is 1.90 bits per heavy atom. The first-order valence-corrected chi connectivity index (χ1v) is 10.9. The van der Waals surface area contributed by atoms with Crippen molar-refractivity contribution in [2.24, 2.45) is 0 Å². The number of aryl methyl sites for hydroxylation is 2. The predicted octanol–water partition coefficient (Wildman–Crippen LogP) is 5.07. The lowest BCUT2D eigenvalue weighted by atomic mass is 9.86. The molecule has 0 N–H and O–H groups in total. The highest BCUT2D eigenvalue weighted by molar-refractivity contribution is 5.94. The van der Waals surface area contributed by atoms with Crippen molar-refractivity contribution in [3.63, 3.8) is 0 Å².